The highest BCUT2D eigenvalue weighted by Crippen LogP contribution is 2.23. The molecule has 39 heavy (non-hydrogen) atoms. The Hall–Kier alpha value is -4.19. The molecule has 1 aromatic carbocycles. The Morgan fingerprint density at radius 1 is 1.03 bits per heavy atom. The van der Waals surface area contributed by atoms with Gasteiger partial charge in [0.2, 0.25) is 0 Å². The molecule has 0 saturated carbocycles. The Balaban J connectivity index is 1.93. The highest BCUT2D eigenvalue weighted by atomic mass is 16.6. The fraction of sp³-hybridized carbons (Fsp3) is 0.444. The zero-order chi connectivity index (χ0) is 28.1. The third-order valence-electron chi connectivity index (χ3n) is 7.05. The van der Waals surface area contributed by atoms with Crippen LogP contribution in [0.1, 0.15) is 57.2 Å². The maximum absolute atomic E-state index is 13.8. The number of nitro groups is 1. The van der Waals surface area contributed by atoms with Gasteiger partial charge in [-0.25, -0.2) is 9.78 Å². The lowest BCUT2D eigenvalue weighted by Crippen LogP contribution is -2.41. The number of nitro benzene ring substituents is 1. The molecule has 0 spiro atoms. The molecule has 0 bridgehead atoms. The van der Waals surface area contributed by atoms with Gasteiger partial charge in [0, 0.05) is 37.8 Å². The second-order valence-electron chi connectivity index (χ2n) is 9.42. The standard InChI is InChI=1S/C27H34N8O4/c1-5-14-33-26(36)24-25(32(27(33)37)15-12-20-9-8-10-22(16-20)35(38)39)30-23(17-21-11-13-28-29-18-21)34(24)19(4)31(6-2)7-3/h8-11,13,16,18-19H,5-7,12,14-15,17H2,1-4H3. The second-order valence-corrected chi connectivity index (χ2v) is 9.42. The minimum absolute atomic E-state index is 0.00785. The van der Waals surface area contributed by atoms with Crippen molar-refractivity contribution in [3.05, 3.63) is 90.6 Å². The van der Waals surface area contributed by atoms with Gasteiger partial charge in [-0.2, -0.15) is 10.2 Å². The van der Waals surface area contributed by atoms with Gasteiger partial charge in [-0.3, -0.25) is 28.9 Å². The molecule has 1 atom stereocenters. The summed E-state index contributed by atoms with van der Waals surface area (Å²) in [6, 6.07) is 8.22. The van der Waals surface area contributed by atoms with E-state index in [-0.39, 0.29) is 30.5 Å². The Kier molecular flexibility index (Phi) is 8.65. The molecule has 12 nitrogen and oxygen atoms in total. The van der Waals surface area contributed by atoms with Crippen LogP contribution >= 0.6 is 0 Å². The Morgan fingerprint density at radius 2 is 1.79 bits per heavy atom. The molecule has 3 aromatic heterocycles. The number of benzene rings is 1. The van der Waals surface area contributed by atoms with E-state index in [0.29, 0.717) is 36.3 Å². The zero-order valence-electron chi connectivity index (χ0n) is 22.8. The molecule has 12 heteroatoms. The molecule has 0 saturated heterocycles. The van der Waals surface area contributed by atoms with Gasteiger partial charge >= 0.3 is 5.69 Å². The van der Waals surface area contributed by atoms with E-state index < -0.39 is 10.6 Å². The Labute approximate surface area is 225 Å². The van der Waals surface area contributed by atoms with Gasteiger partial charge in [-0.15, -0.1) is 0 Å². The summed E-state index contributed by atoms with van der Waals surface area (Å²) < 4.78 is 4.76. The van der Waals surface area contributed by atoms with E-state index in [1.165, 1.54) is 21.3 Å². The molecular weight excluding hydrogens is 500 g/mol. The van der Waals surface area contributed by atoms with Gasteiger partial charge in [0.05, 0.1) is 17.3 Å². The molecule has 4 rings (SSSR count). The number of fused-ring (bicyclic) bond motifs is 1. The predicted octanol–water partition coefficient (Wildman–Crippen LogP) is 3.16. The van der Waals surface area contributed by atoms with E-state index >= 15 is 0 Å². The van der Waals surface area contributed by atoms with Crippen LogP contribution in [0.2, 0.25) is 0 Å². The fourth-order valence-corrected chi connectivity index (χ4v) is 5.04. The van der Waals surface area contributed by atoms with Crippen LogP contribution in [0.5, 0.6) is 0 Å². The van der Waals surface area contributed by atoms with Crippen LogP contribution in [0.4, 0.5) is 5.69 Å². The average Bonchev–Trinajstić information content (AvgIpc) is 3.31. The number of aromatic nitrogens is 6. The van der Waals surface area contributed by atoms with Crippen LogP contribution in [0.3, 0.4) is 0 Å². The summed E-state index contributed by atoms with van der Waals surface area (Å²) in [6.45, 7) is 10.1. The van der Waals surface area contributed by atoms with Crippen molar-refractivity contribution in [2.24, 2.45) is 0 Å². The molecule has 0 aliphatic rings. The summed E-state index contributed by atoms with van der Waals surface area (Å²) >= 11 is 0. The van der Waals surface area contributed by atoms with E-state index in [1.54, 1.807) is 24.5 Å². The molecule has 206 valence electrons. The molecular formula is C27H34N8O4. The van der Waals surface area contributed by atoms with Gasteiger partial charge in [-0.05, 0) is 50.0 Å². The van der Waals surface area contributed by atoms with Crippen molar-refractivity contribution >= 4 is 16.9 Å². The lowest BCUT2D eigenvalue weighted by atomic mass is 10.1. The van der Waals surface area contributed by atoms with Crippen molar-refractivity contribution in [1.82, 2.24) is 33.8 Å². The number of aryl methyl sites for hydroxylation is 2. The topological polar surface area (TPSA) is 134 Å². The van der Waals surface area contributed by atoms with Crippen molar-refractivity contribution in [2.75, 3.05) is 13.1 Å². The minimum Gasteiger partial charge on any atom is -0.306 e. The van der Waals surface area contributed by atoms with Gasteiger partial charge in [-0.1, -0.05) is 32.9 Å². The van der Waals surface area contributed by atoms with Crippen LogP contribution in [-0.4, -0.2) is 51.8 Å². The average molecular weight is 535 g/mol. The van der Waals surface area contributed by atoms with Crippen LogP contribution < -0.4 is 11.2 Å². The molecule has 0 N–H and O–H groups in total. The normalized spacial score (nSPS) is 12.3. The molecule has 0 aliphatic carbocycles. The molecule has 0 fully saturated rings. The summed E-state index contributed by atoms with van der Waals surface area (Å²) in [5.41, 5.74) is 1.49. The number of hydrogen-bond acceptors (Lipinski definition) is 8. The number of hydrogen-bond donors (Lipinski definition) is 0. The Morgan fingerprint density at radius 3 is 2.44 bits per heavy atom. The molecule has 0 amide bonds. The quantitative estimate of drug-likeness (QED) is 0.200. The number of rotatable bonds is 12. The lowest BCUT2D eigenvalue weighted by Gasteiger charge is -2.29. The highest BCUT2D eigenvalue weighted by Gasteiger charge is 2.26. The maximum atomic E-state index is 13.8. The molecule has 0 aliphatic heterocycles. The van der Waals surface area contributed by atoms with E-state index in [4.69, 9.17) is 4.98 Å². The first-order valence-corrected chi connectivity index (χ1v) is 13.3. The number of nitrogens with zero attached hydrogens (tertiary/aromatic N) is 8. The maximum Gasteiger partial charge on any atom is 0.332 e. The van der Waals surface area contributed by atoms with Gasteiger partial charge in [0.15, 0.2) is 11.2 Å². The van der Waals surface area contributed by atoms with E-state index in [2.05, 4.69) is 28.9 Å². The van der Waals surface area contributed by atoms with E-state index in [9.17, 15) is 19.7 Å². The van der Waals surface area contributed by atoms with Crippen LogP contribution in [0, 0.1) is 10.1 Å². The summed E-state index contributed by atoms with van der Waals surface area (Å²) in [5.74, 6) is 0.646. The summed E-state index contributed by atoms with van der Waals surface area (Å²) in [5, 5.41) is 19.1. The second kappa shape index (κ2) is 12.1. The largest absolute Gasteiger partial charge is 0.332 e. The monoisotopic (exact) mass is 534 g/mol. The van der Waals surface area contributed by atoms with Crippen molar-refractivity contribution < 1.29 is 4.92 Å². The fourth-order valence-electron chi connectivity index (χ4n) is 5.04. The number of imidazole rings is 1. The SMILES string of the molecule is CCCn1c(=O)c2c(nc(Cc3ccnnc3)n2C(C)N(CC)CC)n(CCc2cccc([N+](=O)[O-])c2)c1=O. The smallest absolute Gasteiger partial charge is 0.306 e. The third kappa shape index (κ3) is 5.65. The van der Waals surface area contributed by atoms with Gasteiger partial charge < -0.3 is 4.57 Å². The summed E-state index contributed by atoms with van der Waals surface area (Å²) in [7, 11) is 0. The van der Waals surface area contributed by atoms with Gasteiger partial charge in [0.1, 0.15) is 5.82 Å². The molecule has 1 unspecified atom stereocenters. The number of non-ortho nitro benzene ring substituents is 1. The lowest BCUT2D eigenvalue weighted by molar-refractivity contribution is -0.384. The van der Waals surface area contributed by atoms with E-state index in [1.807, 2.05) is 24.5 Å². The first-order valence-electron chi connectivity index (χ1n) is 13.3. The zero-order valence-corrected chi connectivity index (χ0v) is 22.8. The Bertz CT molecular complexity index is 1570. The molecule has 0 radical (unpaired) electrons. The van der Waals surface area contributed by atoms with Crippen molar-refractivity contribution in [1.29, 1.82) is 0 Å². The first kappa shape index (κ1) is 27.8. The van der Waals surface area contributed by atoms with Crippen LogP contribution in [0.25, 0.3) is 11.2 Å². The molecule has 3 heterocycles. The van der Waals surface area contributed by atoms with Crippen molar-refractivity contribution in [3.8, 4) is 0 Å². The van der Waals surface area contributed by atoms with Gasteiger partial charge in [0.25, 0.3) is 11.2 Å². The predicted molar refractivity (Wildman–Crippen MR) is 148 cm³/mol. The summed E-state index contributed by atoms with van der Waals surface area (Å²) in [6.07, 6.45) is 4.46. The van der Waals surface area contributed by atoms with E-state index in [0.717, 1.165) is 24.2 Å². The van der Waals surface area contributed by atoms with Crippen LogP contribution in [-0.2, 0) is 25.9 Å². The molecule has 4 aromatic rings. The van der Waals surface area contributed by atoms with Crippen molar-refractivity contribution in [3.63, 3.8) is 0 Å². The van der Waals surface area contributed by atoms with Crippen LogP contribution in [0.15, 0.2) is 52.3 Å². The minimum atomic E-state index is -0.439. The highest BCUT2D eigenvalue weighted by molar-refractivity contribution is 5.71. The van der Waals surface area contributed by atoms with Crippen molar-refractivity contribution in [2.45, 2.75) is 66.2 Å². The third-order valence-corrected chi connectivity index (χ3v) is 7.05. The first-order chi connectivity index (χ1) is 18.8. The summed E-state index contributed by atoms with van der Waals surface area (Å²) in [4.78, 5) is 45.4.